The van der Waals surface area contributed by atoms with Crippen molar-refractivity contribution in [3.63, 3.8) is 0 Å². The Hall–Kier alpha value is -1.62. The van der Waals surface area contributed by atoms with Gasteiger partial charge < -0.3 is 10.6 Å². The van der Waals surface area contributed by atoms with Crippen LogP contribution in [-0.2, 0) is 6.42 Å². The van der Waals surface area contributed by atoms with E-state index >= 15 is 0 Å². The highest BCUT2D eigenvalue weighted by atomic mass is 32.1. The van der Waals surface area contributed by atoms with Crippen molar-refractivity contribution in [3.05, 3.63) is 34.3 Å². The highest BCUT2D eigenvalue weighted by Crippen LogP contribution is 2.21. The maximum atomic E-state index is 4.60. The first kappa shape index (κ1) is 14.8. The van der Waals surface area contributed by atoms with Gasteiger partial charge in [0.25, 0.3) is 0 Å². The zero-order valence-electron chi connectivity index (χ0n) is 12.3. The number of thiophene rings is 1. The second-order valence-corrected chi connectivity index (χ2v) is 5.54. The molecule has 1 atom stereocenters. The lowest BCUT2D eigenvalue weighted by Gasteiger charge is -2.15. The third kappa shape index (κ3) is 3.93. The van der Waals surface area contributed by atoms with Gasteiger partial charge in [-0.05, 0) is 42.7 Å². The molecule has 0 aliphatic heterocycles. The van der Waals surface area contributed by atoms with Crippen molar-refractivity contribution in [1.82, 2.24) is 9.97 Å². The Morgan fingerprint density at radius 1 is 1.25 bits per heavy atom. The van der Waals surface area contributed by atoms with Gasteiger partial charge in [0, 0.05) is 19.0 Å². The topological polar surface area (TPSA) is 49.8 Å². The van der Waals surface area contributed by atoms with Gasteiger partial charge in [-0.25, -0.2) is 9.97 Å². The summed E-state index contributed by atoms with van der Waals surface area (Å²) < 4.78 is 0. The Kier molecular flexibility index (Phi) is 5.35. The third-order valence-electron chi connectivity index (χ3n) is 3.01. The van der Waals surface area contributed by atoms with Crippen LogP contribution in [0.3, 0.4) is 0 Å². The van der Waals surface area contributed by atoms with Crippen LogP contribution in [0.15, 0.2) is 22.9 Å². The summed E-state index contributed by atoms with van der Waals surface area (Å²) in [7, 11) is 0. The molecule has 0 aliphatic rings. The summed E-state index contributed by atoms with van der Waals surface area (Å²) in [4.78, 5) is 9.12. The molecule has 0 saturated carbocycles. The summed E-state index contributed by atoms with van der Waals surface area (Å²) in [6.45, 7) is 7.23. The fourth-order valence-electron chi connectivity index (χ4n) is 2.00. The molecule has 2 rings (SSSR count). The number of nitrogens with one attached hydrogen (secondary N) is 2. The summed E-state index contributed by atoms with van der Waals surface area (Å²) in [5, 5.41) is 11.0. The average molecular weight is 290 g/mol. The van der Waals surface area contributed by atoms with Crippen LogP contribution in [0.1, 0.15) is 44.6 Å². The molecule has 20 heavy (non-hydrogen) atoms. The molecule has 0 amide bonds. The molecule has 2 aromatic heterocycles. The fourth-order valence-corrected chi connectivity index (χ4v) is 2.76. The van der Waals surface area contributed by atoms with E-state index in [9.17, 15) is 0 Å². The van der Waals surface area contributed by atoms with Crippen molar-refractivity contribution >= 4 is 23.0 Å². The summed E-state index contributed by atoms with van der Waals surface area (Å²) >= 11 is 1.72. The van der Waals surface area contributed by atoms with E-state index in [0.717, 1.165) is 36.8 Å². The first-order valence-corrected chi connectivity index (χ1v) is 8.07. The van der Waals surface area contributed by atoms with Crippen LogP contribution < -0.4 is 10.6 Å². The quantitative estimate of drug-likeness (QED) is 0.806. The van der Waals surface area contributed by atoms with E-state index < -0.39 is 0 Å². The van der Waals surface area contributed by atoms with Crippen molar-refractivity contribution in [2.75, 3.05) is 17.2 Å². The number of hydrogen-bond donors (Lipinski definition) is 2. The minimum absolute atomic E-state index is 0.250. The maximum Gasteiger partial charge on any atom is 0.133 e. The van der Waals surface area contributed by atoms with Crippen LogP contribution in [0.2, 0.25) is 0 Å². The Morgan fingerprint density at radius 2 is 2.05 bits per heavy atom. The first-order chi connectivity index (χ1) is 9.72. The highest BCUT2D eigenvalue weighted by Gasteiger charge is 2.09. The monoisotopic (exact) mass is 290 g/mol. The van der Waals surface area contributed by atoms with E-state index in [2.05, 4.69) is 58.2 Å². The van der Waals surface area contributed by atoms with E-state index in [4.69, 9.17) is 0 Å². The molecule has 0 bridgehead atoms. The first-order valence-electron chi connectivity index (χ1n) is 7.13. The maximum absolute atomic E-state index is 4.60. The highest BCUT2D eigenvalue weighted by molar-refractivity contribution is 7.07. The van der Waals surface area contributed by atoms with E-state index in [0.29, 0.717) is 0 Å². The van der Waals surface area contributed by atoms with Crippen molar-refractivity contribution in [3.8, 4) is 0 Å². The predicted octanol–water partition coefficient (Wildman–Crippen LogP) is 4.10. The molecular formula is C15H22N4S. The number of aromatic nitrogens is 2. The normalized spacial score (nSPS) is 12.2. The van der Waals surface area contributed by atoms with E-state index in [1.165, 1.54) is 5.56 Å². The smallest absolute Gasteiger partial charge is 0.133 e. The van der Waals surface area contributed by atoms with Gasteiger partial charge in [-0.15, -0.1) is 0 Å². The van der Waals surface area contributed by atoms with Crippen LogP contribution >= 0.6 is 11.3 Å². The van der Waals surface area contributed by atoms with Gasteiger partial charge in [0.2, 0.25) is 0 Å². The molecule has 2 aromatic rings. The molecule has 108 valence electrons. The SMILES string of the molecule is CCCc1nc(NCC)cc(NC(C)c2ccsc2)n1. The summed E-state index contributed by atoms with van der Waals surface area (Å²) in [5.41, 5.74) is 1.29. The minimum Gasteiger partial charge on any atom is -0.370 e. The van der Waals surface area contributed by atoms with E-state index in [1.807, 2.05) is 6.07 Å². The number of anilines is 2. The predicted molar refractivity (Wildman–Crippen MR) is 86.5 cm³/mol. The van der Waals surface area contributed by atoms with Crippen LogP contribution in [0.25, 0.3) is 0 Å². The largest absolute Gasteiger partial charge is 0.370 e. The molecule has 0 spiro atoms. The lowest BCUT2D eigenvalue weighted by molar-refractivity contribution is 0.820. The number of nitrogens with zero attached hydrogens (tertiary/aromatic N) is 2. The molecule has 2 N–H and O–H groups in total. The Labute approximate surface area is 124 Å². The second-order valence-electron chi connectivity index (χ2n) is 4.76. The van der Waals surface area contributed by atoms with Gasteiger partial charge >= 0.3 is 0 Å². The van der Waals surface area contributed by atoms with Crippen molar-refractivity contribution in [2.24, 2.45) is 0 Å². The summed E-state index contributed by atoms with van der Waals surface area (Å²) in [5.74, 6) is 2.68. The van der Waals surface area contributed by atoms with Crippen molar-refractivity contribution < 1.29 is 0 Å². The second kappa shape index (κ2) is 7.24. The van der Waals surface area contributed by atoms with Gasteiger partial charge in [0.05, 0.1) is 6.04 Å². The van der Waals surface area contributed by atoms with Crippen LogP contribution in [0.4, 0.5) is 11.6 Å². The third-order valence-corrected chi connectivity index (χ3v) is 3.71. The Bertz CT molecular complexity index is 500. The van der Waals surface area contributed by atoms with Crippen LogP contribution in [0, 0.1) is 0 Å². The summed E-state index contributed by atoms with van der Waals surface area (Å²) in [6.07, 6.45) is 1.95. The Morgan fingerprint density at radius 3 is 2.70 bits per heavy atom. The van der Waals surface area contributed by atoms with Crippen LogP contribution in [0.5, 0.6) is 0 Å². The number of rotatable bonds is 7. The molecule has 0 fully saturated rings. The molecular weight excluding hydrogens is 268 g/mol. The zero-order valence-corrected chi connectivity index (χ0v) is 13.1. The van der Waals surface area contributed by atoms with Gasteiger partial charge in [-0.3, -0.25) is 0 Å². The molecule has 0 saturated heterocycles. The van der Waals surface area contributed by atoms with Gasteiger partial charge in [-0.1, -0.05) is 6.92 Å². The molecule has 0 aromatic carbocycles. The molecule has 1 unspecified atom stereocenters. The summed E-state index contributed by atoms with van der Waals surface area (Å²) in [6, 6.07) is 4.37. The van der Waals surface area contributed by atoms with Crippen molar-refractivity contribution in [2.45, 2.75) is 39.7 Å². The lowest BCUT2D eigenvalue weighted by Crippen LogP contribution is -2.10. The minimum atomic E-state index is 0.250. The van der Waals surface area contributed by atoms with Gasteiger partial charge in [0.15, 0.2) is 0 Å². The standard InChI is InChI=1S/C15H22N4S/c1-4-6-13-18-14(16-5-2)9-15(19-13)17-11(3)12-7-8-20-10-12/h7-11H,4-6H2,1-3H3,(H2,16,17,18,19). The number of hydrogen-bond acceptors (Lipinski definition) is 5. The molecule has 4 nitrogen and oxygen atoms in total. The average Bonchev–Trinajstić information content (AvgIpc) is 2.93. The van der Waals surface area contributed by atoms with Crippen molar-refractivity contribution in [1.29, 1.82) is 0 Å². The number of aryl methyl sites for hydroxylation is 1. The molecule has 0 aliphatic carbocycles. The van der Waals surface area contributed by atoms with Gasteiger partial charge in [0.1, 0.15) is 17.5 Å². The van der Waals surface area contributed by atoms with E-state index in [1.54, 1.807) is 11.3 Å². The van der Waals surface area contributed by atoms with Crippen LogP contribution in [-0.4, -0.2) is 16.5 Å². The molecule has 2 heterocycles. The lowest BCUT2D eigenvalue weighted by atomic mass is 10.2. The molecule has 0 radical (unpaired) electrons. The fraction of sp³-hybridized carbons (Fsp3) is 0.467. The Balaban J connectivity index is 2.16. The van der Waals surface area contributed by atoms with E-state index in [-0.39, 0.29) is 6.04 Å². The molecule has 5 heteroatoms. The van der Waals surface area contributed by atoms with Gasteiger partial charge in [-0.2, -0.15) is 11.3 Å². The zero-order chi connectivity index (χ0) is 14.4.